The van der Waals surface area contributed by atoms with Crippen molar-refractivity contribution >= 4 is 0 Å². The quantitative estimate of drug-likeness (QED) is 0.613. The Kier molecular flexibility index (Phi) is 5.49. The molecule has 0 bridgehead atoms. The van der Waals surface area contributed by atoms with Crippen LogP contribution >= 0.6 is 0 Å². The number of aliphatic hydroxyl groups is 1. The van der Waals surface area contributed by atoms with Crippen molar-refractivity contribution in [2.45, 2.75) is 20.3 Å². The molecule has 0 radical (unpaired) electrons. The van der Waals surface area contributed by atoms with E-state index in [-0.39, 0.29) is 6.61 Å². The molecular weight excluding hydrogens is 136 g/mol. The van der Waals surface area contributed by atoms with Crippen LogP contribution in [0.5, 0.6) is 0 Å². The molecule has 0 aromatic heterocycles. The molecule has 0 heterocycles. The van der Waals surface area contributed by atoms with Gasteiger partial charge in [-0.1, -0.05) is 37.3 Å². The maximum Gasteiger partial charge on any atom is 0.0681 e. The van der Waals surface area contributed by atoms with Crippen molar-refractivity contribution < 1.29 is 5.11 Å². The van der Waals surface area contributed by atoms with Gasteiger partial charge in [0.15, 0.2) is 0 Å². The van der Waals surface area contributed by atoms with Crippen LogP contribution in [-0.2, 0) is 0 Å². The van der Waals surface area contributed by atoms with Gasteiger partial charge >= 0.3 is 0 Å². The van der Waals surface area contributed by atoms with E-state index in [4.69, 9.17) is 5.11 Å². The average Bonchev–Trinajstić information content (AvgIpc) is 2.06. The summed E-state index contributed by atoms with van der Waals surface area (Å²) in [6, 6.07) is 0. The van der Waals surface area contributed by atoms with Crippen molar-refractivity contribution in [3.63, 3.8) is 0 Å². The minimum Gasteiger partial charge on any atom is -0.392 e. The zero-order valence-corrected chi connectivity index (χ0v) is 7.30. The molecule has 11 heavy (non-hydrogen) atoms. The zero-order valence-electron chi connectivity index (χ0n) is 7.30. The lowest BCUT2D eigenvalue weighted by Crippen LogP contribution is -1.83. The lowest BCUT2D eigenvalue weighted by Gasteiger charge is -1.93. The monoisotopic (exact) mass is 152 g/mol. The first-order valence-electron chi connectivity index (χ1n) is 3.84. The van der Waals surface area contributed by atoms with E-state index in [9.17, 15) is 0 Å². The Morgan fingerprint density at radius 2 is 2.09 bits per heavy atom. The predicted molar refractivity (Wildman–Crippen MR) is 49.4 cm³/mol. The van der Waals surface area contributed by atoms with Crippen molar-refractivity contribution in [3.05, 3.63) is 36.0 Å². The van der Waals surface area contributed by atoms with Gasteiger partial charge in [0.1, 0.15) is 0 Å². The normalized spacial score (nSPS) is 13.4. The summed E-state index contributed by atoms with van der Waals surface area (Å²) in [7, 11) is 0. The molecule has 0 saturated heterocycles. The molecule has 1 heteroatoms. The molecule has 0 atom stereocenters. The standard InChI is InChI=1S/C10H16O/c1-4-9(3)6-7-10(5-2)8-11/h5-7,11H,2,4,8H2,1,3H3/b9-6+,10-7+. The molecular formula is C10H16O. The van der Waals surface area contributed by atoms with Crippen LogP contribution in [0.25, 0.3) is 0 Å². The van der Waals surface area contributed by atoms with Gasteiger partial charge in [-0.3, -0.25) is 0 Å². The van der Waals surface area contributed by atoms with Crippen LogP contribution in [0.4, 0.5) is 0 Å². The second kappa shape index (κ2) is 5.93. The van der Waals surface area contributed by atoms with Crippen molar-refractivity contribution in [2.24, 2.45) is 0 Å². The van der Waals surface area contributed by atoms with E-state index >= 15 is 0 Å². The van der Waals surface area contributed by atoms with Gasteiger partial charge in [-0.05, 0) is 18.9 Å². The third-order valence-corrected chi connectivity index (χ3v) is 1.58. The van der Waals surface area contributed by atoms with E-state index in [2.05, 4.69) is 20.4 Å². The van der Waals surface area contributed by atoms with Crippen molar-refractivity contribution in [2.75, 3.05) is 6.61 Å². The van der Waals surface area contributed by atoms with Gasteiger partial charge in [0, 0.05) is 0 Å². The third-order valence-electron chi connectivity index (χ3n) is 1.58. The van der Waals surface area contributed by atoms with Gasteiger partial charge in [0.25, 0.3) is 0 Å². The van der Waals surface area contributed by atoms with E-state index in [1.165, 1.54) is 5.57 Å². The number of hydrogen-bond donors (Lipinski definition) is 1. The second-order valence-electron chi connectivity index (χ2n) is 2.47. The van der Waals surface area contributed by atoms with Crippen LogP contribution < -0.4 is 0 Å². The molecule has 0 fully saturated rings. The molecule has 0 aromatic carbocycles. The molecule has 0 aliphatic rings. The predicted octanol–water partition coefficient (Wildman–Crippen LogP) is 2.45. The van der Waals surface area contributed by atoms with Gasteiger partial charge in [0.05, 0.1) is 6.61 Å². The van der Waals surface area contributed by atoms with Gasteiger partial charge in [-0.2, -0.15) is 0 Å². The van der Waals surface area contributed by atoms with Crippen LogP contribution in [0.2, 0.25) is 0 Å². The summed E-state index contributed by atoms with van der Waals surface area (Å²) < 4.78 is 0. The number of hydrogen-bond acceptors (Lipinski definition) is 1. The van der Waals surface area contributed by atoms with Crippen LogP contribution in [0.3, 0.4) is 0 Å². The first-order valence-corrected chi connectivity index (χ1v) is 3.84. The summed E-state index contributed by atoms with van der Waals surface area (Å²) >= 11 is 0. The molecule has 0 spiro atoms. The largest absolute Gasteiger partial charge is 0.392 e. The molecule has 1 N–H and O–H groups in total. The fourth-order valence-electron chi connectivity index (χ4n) is 0.552. The molecule has 0 aliphatic carbocycles. The molecule has 0 aromatic rings. The minimum absolute atomic E-state index is 0.0665. The first-order chi connectivity index (χ1) is 5.24. The molecule has 0 saturated carbocycles. The Balaban J connectivity index is 4.17. The molecule has 0 rings (SSSR count). The summed E-state index contributed by atoms with van der Waals surface area (Å²) in [4.78, 5) is 0. The highest BCUT2D eigenvalue weighted by Crippen LogP contribution is 2.01. The van der Waals surface area contributed by atoms with Crippen LogP contribution in [-0.4, -0.2) is 11.7 Å². The molecule has 1 nitrogen and oxygen atoms in total. The Morgan fingerprint density at radius 1 is 1.45 bits per heavy atom. The van der Waals surface area contributed by atoms with Crippen LogP contribution in [0.1, 0.15) is 20.3 Å². The Bertz CT molecular complexity index is 175. The van der Waals surface area contributed by atoms with Gasteiger partial charge in [-0.25, -0.2) is 0 Å². The second-order valence-corrected chi connectivity index (χ2v) is 2.47. The highest BCUT2D eigenvalue weighted by Gasteiger charge is 1.85. The summed E-state index contributed by atoms with van der Waals surface area (Å²) in [6.07, 6.45) is 6.62. The van der Waals surface area contributed by atoms with Gasteiger partial charge in [-0.15, -0.1) is 0 Å². The van der Waals surface area contributed by atoms with E-state index in [1.54, 1.807) is 6.08 Å². The maximum atomic E-state index is 8.74. The van der Waals surface area contributed by atoms with Gasteiger partial charge < -0.3 is 5.11 Å². The summed E-state index contributed by atoms with van der Waals surface area (Å²) in [5, 5.41) is 8.74. The Hall–Kier alpha value is -0.820. The smallest absolute Gasteiger partial charge is 0.0681 e. The van der Waals surface area contributed by atoms with E-state index < -0.39 is 0 Å². The van der Waals surface area contributed by atoms with Crippen LogP contribution in [0, 0.1) is 0 Å². The Labute approximate surface area is 68.7 Å². The van der Waals surface area contributed by atoms with E-state index in [1.807, 2.05) is 12.2 Å². The SMILES string of the molecule is C=C/C(=C\C=C(/C)CC)CO. The topological polar surface area (TPSA) is 20.2 Å². The lowest BCUT2D eigenvalue weighted by atomic mass is 10.2. The van der Waals surface area contributed by atoms with Gasteiger partial charge in [0.2, 0.25) is 0 Å². The van der Waals surface area contributed by atoms with Crippen molar-refractivity contribution in [3.8, 4) is 0 Å². The number of aliphatic hydroxyl groups excluding tert-OH is 1. The van der Waals surface area contributed by atoms with E-state index in [0.717, 1.165) is 12.0 Å². The van der Waals surface area contributed by atoms with Crippen LogP contribution in [0.15, 0.2) is 36.0 Å². The minimum atomic E-state index is 0.0665. The highest BCUT2D eigenvalue weighted by molar-refractivity contribution is 5.24. The Morgan fingerprint density at radius 3 is 2.45 bits per heavy atom. The highest BCUT2D eigenvalue weighted by atomic mass is 16.3. The number of allylic oxidation sites excluding steroid dienone is 3. The molecule has 62 valence electrons. The number of rotatable bonds is 4. The fourth-order valence-corrected chi connectivity index (χ4v) is 0.552. The fraction of sp³-hybridized carbons (Fsp3) is 0.400. The zero-order chi connectivity index (χ0) is 8.69. The molecule has 0 aliphatic heterocycles. The molecule has 0 unspecified atom stereocenters. The van der Waals surface area contributed by atoms with E-state index in [0.29, 0.717) is 0 Å². The van der Waals surface area contributed by atoms with Crippen molar-refractivity contribution in [1.29, 1.82) is 0 Å². The first kappa shape index (κ1) is 10.2. The molecule has 0 amide bonds. The maximum absolute atomic E-state index is 8.74. The summed E-state index contributed by atoms with van der Waals surface area (Å²) in [6.45, 7) is 7.81. The summed E-state index contributed by atoms with van der Waals surface area (Å²) in [5.74, 6) is 0. The van der Waals surface area contributed by atoms with Crippen molar-refractivity contribution in [1.82, 2.24) is 0 Å². The average molecular weight is 152 g/mol. The lowest BCUT2D eigenvalue weighted by molar-refractivity contribution is 0.335. The third kappa shape index (κ3) is 4.57. The summed E-state index contributed by atoms with van der Waals surface area (Å²) in [5.41, 5.74) is 2.16.